The Morgan fingerprint density at radius 3 is 2.61 bits per heavy atom. The van der Waals surface area contributed by atoms with Crippen molar-refractivity contribution in [2.24, 2.45) is 10.8 Å². The fourth-order valence-electron chi connectivity index (χ4n) is 2.99. The van der Waals surface area contributed by atoms with Crippen molar-refractivity contribution < 1.29 is 14.3 Å². The number of methoxy groups -OCH3 is 1. The number of amides is 1. The molecule has 2 N–H and O–H groups in total. The number of ether oxygens (including phenoxy) is 2. The van der Waals surface area contributed by atoms with Crippen LogP contribution in [0.5, 0.6) is 11.5 Å². The van der Waals surface area contributed by atoms with E-state index in [0.29, 0.717) is 26.8 Å². The van der Waals surface area contributed by atoms with Gasteiger partial charge in [-0.2, -0.15) is 9.78 Å². The molecule has 11 heteroatoms. The first-order valence-electron chi connectivity index (χ1n) is 9.68. The summed E-state index contributed by atoms with van der Waals surface area (Å²) in [4.78, 5) is 29.1. The van der Waals surface area contributed by atoms with Gasteiger partial charge in [-0.3, -0.25) is 9.59 Å². The molecule has 0 bridgehead atoms. The van der Waals surface area contributed by atoms with Crippen molar-refractivity contribution >= 4 is 66.5 Å². The van der Waals surface area contributed by atoms with Crippen molar-refractivity contribution in [2.45, 2.75) is 26.2 Å². The second-order valence-corrected chi connectivity index (χ2v) is 10.2. The first-order valence-corrected chi connectivity index (χ1v) is 11.6. The fraction of sp³-hybridized carbons (Fsp3) is 0.273. The number of halogens is 3. The number of rotatable bonds is 6. The van der Waals surface area contributed by atoms with Crippen molar-refractivity contribution in [1.82, 2.24) is 9.66 Å². The van der Waals surface area contributed by atoms with Gasteiger partial charge in [0.2, 0.25) is 0 Å². The summed E-state index contributed by atoms with van der Waals surface area (Å²) in [5, 5.41) is 5.04. The van der Waals surface area contributed by atoms with E-state index >= 15 is 0 Å². The Balaban J connectivity index is 2.18. The van der Waals surface area contributed by atoms with Gasteiger partial charge in [0.25, 0.3) is 11.5 Å². The van der Waals surface area contributed by atoms with Crippen molar-refractivity contribution in [3.05, 3.63) is 60.0 Å². The Morgan fingerprint density at radius 1 is 1.30 bits per heavy atom. The lowest BCUT2D eigenvalue weighted by Crippen LogP contribution is -2.29. The van der Waals surface area contributed by atoms with Crippen LogP contribution in [0.4, 0.5) is 0 Å². The highest BCUT2D eigenvalue weighted by atomic mass is 79.9. The molecule has 33 heavy (non-hydrogen) atoms. The second-order valence-electron chi connectivity index (χ2n) is 8.09. The summed E-state index contributed by atoms with van der Waals surface area (Å²) in [5.74, 6) is 0.273. The maximum absolute atomic E-state index is 13.3. The van der Waals surface area contributed by atoms with E-state index in [1.807, 2.05) is 26.8 Å². The van der Waals surface area contributed by atoms with Crippen molar-refractivity contribution in [3.8, 4) is 11.5 Å². The number of hydrogen-bond donors (Lipinski definition) is 1. The van der Waals surface area contributed by atoms with Crippen LogP contribution in [0.2, 0.25) is 5.02 Å². The van der Waals surface area contributed by atoms with Crippen molar-refractivity contribution in [3.63, 3.8) is 0 Å². The van der Waals surface area contributed by atoms with Gasteiger partial charge in [0.1, 0.15) is 10.8 Å². The molecule has 0 saturated carbocycles. The summed E-state index contributed by atoms with van der Waals surface area (Å²) in [6.07, 6.45) is 1.47. The molecule has 1 amide bonds. The number of nitrogens with zero attached hydrogens (tertiary/aromatic N) is 3. The third-order valence-corrected chi connectivity index (χ3v) is 6.46. The molecule has 0 aliphatic heterocycles. The molecule has 0 unspecified atom stereocenters. The smallest absolute Gasteiger partial charge is 0.282 e. The zero-order valence-corrected chi connectivity index (χ0v) is 22.2. The van der Waals surface area contributed by atoms with Gasteiger partial charge >= 0.3 is 0 Å². The third kappa shape index (κ3) is 5.39. The monoisotopic (exact) mass is 598 g/mol. The minimum Gasteiger partial charge on any atom is -0.493 e. The maximum atomic E-state index is 13.3. The van der Waals surface area contributed by atoms with Crippen LogP contribution in [0.15, 0.2) is 43.1 Å². The van der Waals surface area contributed by atoms with E-state index < -0.39 is 11.3 Å². The van der Waals surface area contributed by atoms with Gasteiger partial charge < -0.3 is 15.2 Å². The van der Waals surface area contributed by atoms with Crippen LogP contribution in [-0.2, 0) is 10.2 Å². The van der Waals surface area contributed by atoms with E-state index in [-0.39, 0.29) is 28.7 Å². The van der Waals surface area contributed by atoms with Gasteiger partial charge in [-0.1, -0.05) is 48.3 Å². The van der Waals surface area contributed by atoms with Crippen LogP contribution >= 0.6 is 43.5 Å². The molecule has 0 fully saturated rings. The van der Waals surface area contributed by atoms with Gasteiger partial charge in [-0.15, -0.1) is 0 Å². The molecule has 0 radical (unpaired) electrons. The molecule has 174 valence electrons. The molecule has 1 heterocycles. The first-order chi connectivity index (χ1) is 15.4. The van der Waals surface area contributed by atoms with Crippen LogP contribution in [0.3, 0.4) is 0 Å². The topological polar surface area (TPSA) is 109 Å². The standard InChI is InChI=1S/C22H21Br2ClN4O4/c1-22(2,3)21-28-14-6-5-12(23)8-13(14)20(31)29(21)27-9-11-7-15(32-4)19(18(25)17(11)24)33-10-16(26)30/h5-9H,10H2,1-4H3,(H2,26,30). The predicted octanol–water partition coefficient (Wildman–Crippen LogP) is 4.63. The van der Waals surface area contributed by atoms with Crippen molar-refractivity contribution in [1.29, 1.82) is 0 Å². The van der Waals surface area contributed by atoms with E-state index in [1.165, 1.54) is 18.0 Å². The molecule has 1 aromatic heterocycles. The highest BCUT2D eigenvalue weighted by Gasteiger charge is 2.23. The number of carbonyl (C=O) groups excluding carboxylic acids is 1. The molecule has 0 saturated heterocycles. The molecule has 2 aromatic carbocycles. The number of hydrogen-bond acceptors (Lipinski definition) is 6. The summed E-state index contributed by atoms with van der Waals surface area (Å²) < 4.78 is 13.2. The van der Waals surface area contributed by atoms with Crippen LogP contribution in [-0.4, -0.2) is 35.5 Å². The Hall–Kier alpha value is -2.43. The Labute approximate surface area is 212 Å². The van der Waals surface area contributed by atoms with E-state index in [4.69, 9.17) is 31.8 Å². The Bertz CT molecular complexity index is 1330. The molecule has 0 spiro atoms. The number of nitrogens with two attached hydrogens (primary N) is 1. The molecule has 0 atom stereocenters. The zero-order chi connectivity index (χ0) is 24.5. The van der Waals surface area contributed by atoms with Crippen LogP contribution < -0.4 is 20.8 Å². The van der Waals surface area contributed by atoms with Crippen LogP contribution in [0.25, 0.3) is 10.9 Å². The van der Waals surface area contributed by atoms with Crippen LogP contribution in [0, 0.1) is 0 Å². The average molecular weight is 601 g/mol. The Morgan fingerprint density at radius 2 is 2.00 bits per heavy atom. The molecular formula is C22H21Br2ClN4O4. The fourth-order valence-corrected chi connectivity index (χ4v) is 4.00. The molecule has 0 aliphatic rings. The summed E-state index contributed by atoms with van der Waals surface area (Å²) in [7, 11) is 1.44. The second kappa shape index (κ2) is 9.82. The maximum Gasteiger partial charge on any atom is 0.282 e. The number of aromatic nitrogens is 2. The number of fused-ring (bicyclic) bond motifs is 1. The number of primary amides is 1. The summed E-state index contributed by atoms with van der Waals surface area (Å²) in [6, 6.07) is 6.95. The minimum atomic E-state index is -0.653. The SMILES string of the molecule is COc1cc(C=Nn2c(C(C)(C)C)nc3ccc(Br)cc3c2=O)c(Br)c(Cl)c1OCC(N)=O. The highest BCUT2D eigenvalue weighted by molar-refractivity contribution is 9.10. The molecule has 3 aromatic rings. The lowest BCUT2D eigenvalue weighted by atomic mass is 9.95. The highest BCUT2D eigenvalue weighted by Crippen LogP contribution is 2.42. The number of benzene rings is 2. The van der Waals surface area contributed by atoms with E-state index in [1.54, 1.807) is 18.2 Å². The Kier molecular flexibility index (Phi) is 7.50. The zero-order valence-electron chi connectivity index (χ0n) is 18.3. The predicted molar refractivity (Wildman–Crippen MR) is 136 cm³/mol. The molecular weight excluding hydrogens is 580 g/mol. The van der Waals surface area contributed by atoms with Crippen LogP contribution in [0.1, 0.15) is 32.2 Å². The van der Waals surface area contributed by atoms with Gasteiger partial charge in [0.15, 0.2) is 18.1 Å². The third-order valence-electron chi connectivity index (χ3n) is 4.53. The summed E-state index contributed by atoms with van der Waals surface area (Å²) in [5.41, 5.74) is 5.49. The molecule has 3 rings (SSSR count). The van der Waals surface area contributed by atoms with Gasteiger partial charge in [0.05, 0.1) is 24.2 Å². The summed E-state index contributed by atoms with van der Waals surface area (Å²) in [6.45, 7) is 5.49. The van der Waals surface area contributed by atoms with Crippen molar-refractivity contribution in [2.75, 3.05) is 13.7 Å². The normalized spacial score (nSPS) is 11.8. The quantitative estimate of drug-likeness (QED) is 0.415. The lowest BCUT2D eigenvalue weighted by Gasteiger charge is -2.21. The average Bonchev–Trinajstić information content (AvgIpc) is 2.74. The van der Waals surface area contributed by atoms with Gasteiger partial charge in [0, 0.05) is 19.9 Å². The van der Waals surface area contributed by atoms with Gasteiger partial charge in [-0.05, 0) is 40.2 Å². The molecule has 8 nitrogen and oxygen atoms in total. The van der Waals surface area contributed by atoms with E-state index in [0.717, 1.165) is 4.47 Å². The number of carbonyl (C=O) groups is 1. The minimum absolute atomic E-state index is 0.159. The van der Waals surface area contributed by atoms with E-state index in [2.05, 4.69) is 37.0 Å². The van der Waals surface area contributed by atoms with E-state index in [9.17, 15) is 9.59 Å². The first kappa shape index (κ1) is 25.2. The lowest BCUT2D eigenvalue weighted by molar-refractivity contribution is -0.119. The molecule has 0 aliphatic carbocycles. The largest absolute Gasteiger partial charge is 0.493 e. The van der Waals surface area contributed by atoms with Gasteiger partial charge in [-0.25, -0.2) is 4.98 Å². The summed E-state index contributed by atoms with van der Waals surface area (Å²) >= 11 is 13.2.